The highest BCUT2D eigenvalue weighted by Gasteiger charge is 2.42. The quantitative estimate of drug-likeness (QED) is 0.548. The smallest absolute Gasteiger partial charge is 0.278 e. The van der Waals surface area contributed by atoms with Gasteiger partial charge in [0.25, 0.3) is 11.8 Å². The van der Waals surface area contributed by atoms with Crippen LogP contribution in [0.4, 0.5) is 4.39 Å². The minimum Gasteiger partial charge on any atom is -0.362 e. The summed E-state index contributed by atoms with van der Waals surface area (Å²) >= 11 is 0. The first-order valence-corrected chi connectivity index (χ1v) is 11.2. The first-order valence-electron chi connectivity index (χ1n) is 11.2. The number of halogens is 1. The van der Waals surface area contributed by atoms with Gasteiger partial charge in [-0.25, -0.2) is 4.39 Å². The van der Waals surface area contributed by atoms with E-state index >= 15 is 0 Å². The normalized spacial score (nSPS) is 16.0. The highest BCUT2D eigenvalue weighted by atomic mass is 19.1. The Labute approximate surface area is 193 Å². The van der Waals surface area contributed by atoms with Gasteiger partial charge in [-0.1, -0.05) is 60.7 Å². The molecule has 166 valence electrons. The molecule has 0 unspecified atom stereocenters. The maximum atomic E-state index is 14.4. The number of aryl methyl sites for hydroxylation is 2. The van der Waals surface area contributed by atoms with Gasteiger partial charge < -0.3 is 4.90 Å². The Bertz CT molecular complexity index is 1310. The molecule has 2 aliphatic rings. The van der Waals surface area contributed by atoms with E-state index < -0.39 is 5.82 Å². The number of imide groups is 1. The summed E-state index contributed by atoms with van der Waals surface area (Å²) in [6.07, 6.45) is 0.800. The van der Waals surface area contributed by atoms with Crippen LogP contribution in [0.5, 0.6) is 0 Å². The molecular weight excluding hydrogens is 415 g/mol. The Morgan fingerprint density at radius 3 is 2.33 bits per heavy atom. The summed E-state index contributed by atoms with van der Waals surface area (Å²) < 4.78 is 14.4. The lowest BCUT2D eigenvalue weighted by molar-refractivity contribution is -0.138. The molecule has 0 atom stereocenters. The van der Waals surface area contributed by atoms with Gasteiger partial charge in [-0.15, -0.1) is 0 Å². The van der Waals surface area contributed by atoms with Crippen LogP contribution in [-0.2, 0) is 29.1 Å². The predicted molar refractivity (Wildman–Crippen MR) is 125 cm³/mol. The topological polar surface area (TPSA) is 40.6 Å². The number of amides is 2. The number of rotatable bonds is 4. The molecule has 0 fully saturated rings. The predicted octanol–water partition coefficient (Wildman–Crippen LogP) is 4.78. The van der Waals surface area contributed by atoms with E-state index in [1.165, 1.54) is 16.5 Å². The van der Waals surface area contributed by atoms with Crippen molar-refractivity contribution in [2.24, 2.45) is 0 Å². The summed E-state index contributed by atoms with van der Waals surface area (Å²) in [5.41, 5.74) is 6.45. The maximum absolute atomic E-state index is 14.4. The first kappa shape index (κ1) is 21.1. The van der Waals surface area contributed by atoms with Gasteiger partial charge in [-0.2, -0.15) is 0 Å². The van der Waals surface area contributed by atoms with Crippen molar-refractivity contribution >= 4 is 17.4 Å². The Hall–Kier alpha value is -3.73. The van der Waals surface area contributed by atoms with Crippen LogP contribution in [0.1, 0.15) is 33.4 Å². The fraction of sp³-hybridized carbons (Fsp3) is 0.214. The first-order chi connectivity index (χ1) is 15.9. The number of hydrogen-bond donors (Lipinski definition) is 0. The van der Waals surface area contributed by atoms with Gasteiger partial charge in [0.1, 0.15) is 11.5 Å². The van der Waals surface area contributed by atoms with E-state index in [9.17, 15) is 14.0 Å². The minimum absolute atomic E-state index is 0.0907. The van der Waals surface area contributed by atoms with E-state index in [1.54, 1.807) is 18.2 Å². The molecule has 0 saturated heterocycles. The van der Waals surface area contributed by atoms with Crippen LogP contribution in [-0.4, -0.2) is 28.2 Å². The summed E-state index contributed by atoms with van der Waals surface area (Å²) in [7, 11) is 0. The average Bonchev–Trinajstić information content (AvgIpc) is 3.06. The zero-order valence-corrected chi connectivity index (χ0v) is 18.8. The monoisotopic (exact) mass is 440 g/mol. The number of benzene rings is 3. The van der Waals surface area contributed by atoms with E-state index in [4.69, 9.17) is 0 Å². The molecule has 0 aromatic heterocycles. The van der Waals surface area contributed by atoms with Crippen LogP contribution >= 0.6 is 0 Å². The molecule has 3 aromatic carbocycles. The van der Waals surface area contributed by atoms with E-state index in [1.807, 2.05) is 49.1 Å². The van der Waals surface area contributed by atoms with Gasteiger partial charge >= 0.3 is 0 Å². The molecule has 0 aliphatic carbocycles. The molecule has 2 heterocycles. The molecule has 2 aliphatic heterocycles. The van der Waals surface area contributed by atoms with Gasteiger partial charge in [0.15, 0.2) is 0 Å². The molecule has 0 N–H and O–H groups in total. The van der Waals surface area contributed by atoms with Crippen LogP contribution in [0.2, 0.25) is 0 Å². The average molecular weight is 441 g/mol. The van der Waals surface area contributed by atoms with E-state index in [2.05, 4.69) is 12.1 Å². The second-order valence-corrected chi connectivity index (χ2v) is 8.75. The van der Waals surface area contributed by atoms with Crippen molar-refractivity contribution in [1.82, 2.24) is 9.80 Å². The number of carbonyl (C=O) groups excluding carboxylic acids is 2. The van der Waals surface area contributed by atoms with Crippen molar-refractivity contribution < 1.29 is 14.0 Å². The summed E-state index contributed by atoms with van der Waals surface area (Å²) in [5, 5.41) is 0. The molecule has 5 rings (SSSR count). The molecule has 2 amide bonds. The van der Waals surface area contributed by atoms with Crippen LogP contribution < -0.4 is 0 Å². The van der Waals surface area contributed by atoms with Gasteiger partial charge in [0.2, 0.25) is 0 Å². The standard InChI is InChI=1S/C28H25FN2O2/c1-18-11-12-21(15-19(18)2)25-26(30-14-13-20-7-3-4-8-22(20)16-30)28(33)31(27(25)32)17-23-9-5-6-10-24(23)29/h3-12,15H,13-14,16-17H2,1-2H3. The second-order valence-electron chi connectivity index (χ2n) is 8.75. The zero-order valence-electron chi connectivity index (χ0n) is 18.8. The third kappa shape index (κ3) is 3.74. The van der Waals surface area contributed by atoms with E-state index in [0.29, 0.717) is 29.9 Å². The fourth-order valence-electron chi connectivity index (χ4n) is 4.64. The summed E-state index contributed by atoms with van der Waals surface area (Å²) in [5.74, 6) is -1.16. The summed E-state index contributed by atoms with van der Waals surface area (Å²) in [4.78, 5) is 30.5. The zero-order chi connectivity index (χ0) is 23.1. The number of hydrogen-bond acceptors (Lipinski definition) is 3. The number of carbonyl (C=O) groups is 2. The van der Waals surface area contributed by atoms with Crippen molar-refractivity contribution in [2.45, 2.75) is 33.4 Å². The molecule has 33 heavy (non-hydrogen) atoms. The Balaban J connectivity index is 1.58. The van der Waals surface area contributed by atoms with Crippen molar-refractivity contribution in [3.8, 4) is 0 Å². The van der Waals surface area contributed by atoms with Gasteiger partial charge in [-0.3, -0.25) is 14.5 Å². The van der Waals surface area contributed by atoms with Gasteiger partial charge in [0, 0.05) is 18.7 Å². The second kappa shape index (κ2) is 8.32. The van der Waals surface area contributed by atoms with Crippen molar-refractivity contribution in [1.29, 1.82) is 0 Å². The fourth-order valence-corrected chi connectivity index (χ4v) is 4.64. The molecule has 0 bridgehead atoms. The molecule has 0 radical (unpaired) electrons. The van der Waals surface area contributed by atoms with E-state index in [-0.39, 0.29) is 18.4 Å². The Kier molecular flexibility index (Phi) is 5.33. The highest BCUT2D eigenvalue weighted by molar-refractivity contribution is 6.35. The molecule has 5 heteroatoms. The molecule has 0 spiro atoms. The lowest BCUT2D eigenvalue weighted by Gasteiger charge is -2.31. The summed E-state index contributed by atoms with van der Waals surface area (Å²) in [6.45, 7) is 5.13. The van der Waals surface area contributed by atoms with Crippen LogP contribution in [0, 0.1) is 19.7 Å². The van der Waals surface area contributed by atoms with Crippen LogP contribution in [0.3, 0.4) is 0 Å². The maximum Gasteiger partial charge on any atom is 0.278 e. The minimum atomic E-state index is -0.425. The SMILES string of the molecule is Cc1ccc(C2=C(N3CCc4ccccc4C3)C(=O)N(Cc3ccccc3F)C2=O)cc1C. The number of fused-ring (bicyclic) bond motifs is 1. The Morgan fingerprint density at radius 2 is 1.58 bits per heavy atom. The summed E-state index contributed by atoms with van der Waals surface area (Å²) in [6, 6.07) is 20.3. The molecule has 0 saturated carbocycles. The molecular formula is C28H25FN2O2. The van der Waals surface area contributed by atoms with Crippen molar-refractivity contribution in [3.05, 3.63) is 112 Å². The van der Waals surface area contributed by atoms with Crippen molar-refractivity contribution in [2.75, 3.05) is 6.54 Å². The van der Waals surface area contributed by atoms with Gasteiger partial charge in [0.05, 0.1) is 12.1 Å². The molecule has 3 aromatic rings. The van der Waals surface area contributed by atoms with Crippen molar-refractivity contribution in [3.63, 3.8) is 0 Å². The highest BCUT2D eigenvalue weighted by Crippen LogP contribution is 2.35. The molecule has 4 nitrogen and oxygen atoms in total. The third-order valence-corrected chi connectivity index (χ3v) is 6.67. The largest absolute Gasteiger partial charge is 0.362 e. The lowest BCUT2D eigenvalue weighted by atomic mass is 9.96. The number of nitrogens with zero attached hydrogens (tertiary/aromatic N) is 2. The third-order valence-electron chi connectivity index (χ3n) is 6.67. The van der Waals surface area contributed by atoms with E-state index in [0.717, 1.165) is 28.7 Å². The van der Waals surface area contributed by atoms with Crippen LogP contribution in [0.15, 0.2) is 72.4 Å². The lowest BCUT2D eigenvalue weighted by Crippen LogP contribution is -2.37. The van der Waals surface area contributed by atoms with Gasteiger partial charge in [-0.05, 0) is 54.2 Å². The van der Waals surface area contributed by atoms with Crippen LogP contribution in [0.25, 0.3) is 5.57 Å². The Morgan fingerprint density at radius 1 is 0.848 bits per heavy atom.